The zero-order valence-corrected chi connectivity index (χ0v) is 18.5. The molecule has 0 aromatic heterocycles. The lowest BCUT2D eigenvalue weighted by Crippen LogP contribution is -2.60. The summed E-state index contributed by atoms with van der Waals surface area (Å²) in [6.07, 6.45) is 9.51. The highest BCUT2D eigenvalue weighted by molar-refractivity contribution is 5.88. The first-order valence-electron chi connectivity index (χ1n) is 12.5. The van der Waals surface area contributed by atoms with Crippen LogP contribution in [0.15, 0.2) is 24.3 Å². The third-order valence-corrected chi connectivity index (χ3v) is 8.66. The molecule has 1 spiro atoms. The van der Waals surface area contributed by atoms with Gasteiger partial charge in [-0.2, -0.15) is 0 Å². The molecule has 2 saturated heterocycles. The predicted molar refractivity (Wildman–Crippen MR) is 118 cm³/mol. The lowest BCUT2D eigenvalue weighted by atomic mass is 9.77. The zero-order valence-electron chi connectivity index (χ0n) is 18.5. The van der Waals surface area contributed by atoms with E-state index in [9.17, 15) is 9.18 Å². The maximum Gasteiger partial charge on any atom is 0.260 e. The van der Waals surface area contributed by atoms with E-state index in [0.717, 1.165) is 44.5 Å². The molecule has 3 saturated carbocycles. The fourth-order valence-electron chi connectivity index (χ4n) is 6.31. The van der Waals surface area contributed by atoms with Crippen molar-refractivity contribution in [3.05, 3.63) is 29.8 Å². The largest absolute Gasteiger partial charge is 0.493 e. The van der Waals surface area contributed by atoms with Crippen molar-refractivity contribution in [1.82, 2.24) is 9.80 Å². The van der Waals surface area contributed by atoms with Gasteiger partial charge in [0.2, 0.25) is 0 Å². The lowest BCUT2D eigenvalue weighted by Gasteiger charge is -2.49. The number of hydrogen-bond donors (Lipinski definition) is 0. The fraction of sp³-hybridized carbons (Fsp3) is 0.731. The van der Waals surface area contributed by atoms with Crippen molar-refractivity contribution in [2.24, 2.45) is 11.3 Å². The Hall–Kier alpha value is -1.62. The smallest absolute Gasteiger partial charge is 0.260 e. The van der Waals surface area contributed by atoms with Crippen molar-refractivity contribution in [3.8, 4) is 5.75 Å². The number of ether oxygens (including phenoxy) is 1. The van der Waals surface area contributed by atoms with Crippen LogP contribution >= 0.6 is 0 Å². The Morgan fingerprint density at radius 3 is 2.48 bits per heavy atom. The van der Waals surface area contributed by atoms with E-state index < -0.39 is 5.67 Å². The van der Waals surface area contributed by atoms with Gasteiger partial charge in [-0.3, -0.25) is 4.79 Å². The van der Waals surface area contributed by atoms with Gasteiger partial charge < -0.3 is 14.5 Å². The summed E-state index contributed by atoms with van der Waals surface area (Å²) in [5, 5.41) is 0. The van der Waals surface area contributed by atoms with Crippen LogP contribution in [0.2, 0.25) is 0 Å². The molecule has 31 heavy (non-hydrogen) atoms. The molecule has 1 aromatic carbocycles. The van der Waals surface area contributed by atoms with Crippen LogP contribution in [0.4, 0.5) is 4.39 Å². The van der Waals surface area contributed by atoms with Crippen LogP contribution in [-0.4, -0.2) is 60.2 Å². The number of rotatable bonds is 6. The summed E-state index contributed by atoms with van der Waals surface area (Å²) in [5.41, 5.74) is 0.172. The minimum absolute atomic E-state index is 0.232. The van der Waals surface area contributed by atoms with E-state index >= 15 is 0 Å². The highest BCUT2D eigenvalue weighted by Crippen LogP contribution is 2.51. The molecule has 5 fully saturated rings. The Labute approximate surface area is 185 Å². The van der Waals surface area contributed by atoms with Gasteiger partial charge in [0.1, 0.15) is 5.75 Å². The number of amides is 1. The number of halogens is 1. The van der Waals surface area contributed by atoms with Crippen molar-refractivity contribution in [3.63, 3.8) is 0 Å². The van der Waals surface area contributed by atoms with E-state index in [1.54, 1.807) is 4.90 Å². The molecule has 3 aliphatic carbocycles. The van der Waals surface area contributed by atoms with Crippen LogP contribution in [0.5, 0.6) is 5.75 Å². The average molecular weight is 427 g/mol. The number of hydrogen-bond acceptors (Lipinski definition) is 3. The molecule has 5 aliphatic rings. The van der Waals surface area contributed by atoms with Crippen molar-refractivity contribution in [2.45, 2.75) is 75.4 Å². The molecule has 5 heteroatoms. The molecule has 2 aliphatic heterocycles. The van der Waals surface area contributed by atoms with Crippen molar-refractivity contribution in [1.29, 1.82) is 0 Å². The molecule has 6 rings (SSSR count). The van der Waals surface area contributed by atoms with Gasteiger partial charge in [0, 0.05) is 24.5 Å². The summed E-state index contributed by atoms with van der Waals surface area (Å²) >= 11 is 0. The Morgan fingerprint density at radius 2 is 1.77 bits per heavy atom. The van der Waals surface area contributed by atoms with Gasteiger partial charge in [0.15, 0.2) is 5.67 Å². The number of benzene rings is 1. The summed E-state index contributed by atoms with van der Waals surface area (Å²) < 4.78 is 20.3. The highest BCUT2D eigenvalue weighted by Gasteiger charge is 2.58. The topological polar surface area (TPSA) is 32.8 Å². The first-order chi connectivity index (χ1) is 15.0. The molecule has 168 valence electrons. The minimum atomic E-state index is -1.50. The maximum absolute atomic E-state index is 14.1. The summed E-state index contributed by atoms with van der Waals surface area (Å²) in [5.74, 6) is 2.25. The van der Waals surface area contributed by atoms with Crippen LogP contribution in [0.25, 0.3) is 0 Å². The van der Waals surface area contributed by atoms with Crippen LogP contribution in [0.3, 0.4) is 0 Å². The first kappa shape index (κ1) is 20.0. The van der Waals surface area contributed by atoms with Gasteiger partial charge in [-0.25, -0.2) is 4.39 Å². The van der Waals surface area contributed by atoms with E-state index in [-0.39, 0.29) is 11.3 Å². The summed E-state index contributed by atoms with van der Waals surface area (Å²) in [6, 6.07) is 9.31. The van der Waals surface area contributed by atoms with E-state index in [0.29, 0.717) is 24.8 Å². The number of nitrogens with zero attached hydrogens (tertiary/aromatic N) is 2. The Kier molecular flexibility index (Phi) is 4.82. The Morgan fingerprint density at radius 1 is 1.03 bits per heavy atom. The second-order valence-corrected chi connectivity index (χ2v) is 11.1. The molecule has 0 N–H and O–H groups in total. The SMILES string of the molecule is O=C(N1CC2(CCC(N3CCC(c4ccccc4OCC4CC4)CC3)C2)C1)C1(F)CC1. The van der Waals surface area contributed by atoms with Crippen LogP contribution in [0, 0.1) is 11.3 Å². The standard InChI is InChI=1S/C26H35FN2O2/c27-26(11-12-26)24(30)29-17-25(18-29)10-7-21(15-25)28-13-8-20(9-14-28)22-3-1-2-4-23(22)31-16-19-5-6-19/h1-4,19-21H,5-18H2. The third kappa shape index (κ3) is 3.88. The van der Waals surface area contributed by atoms with Gasteiger partial charge in [-0.05, 0) is 94.3 Å². The molecular formula is C26H35FN2O2. The van der Waals surface area contributed by atoms with E-state index in [1.807, 2.05) is 0 Å². The summed E-state index contributed by atoms with van der Waals surface area (Å²) in [6.45, 7) is 4.76. The molecule has 1 amide bonds. The number of piperidine rings is 1. The third-order valence-electron chi connectivity index (χ3n) is 8.66. The second kappa shape index (κ2) is 7.47. The molecule has 4 nitrogen and oxygen atoms in total. The number of carbonyl (C=O) groups excluding carboxylic acids is 1. The minimum Gasteiger partial charge on any atom is -0.493 e. The molecule has 1 atom stereocenters. The molecule has 2 heterocycles. The summed E-state index contributed by atoms with van der Waals surface area (Å²) in [4.78, 5) is 16.7. The quantitative estimate of drug-likeness (QED) is 0.670. The molecule has 1 aromatic rings. The van der Waals surface area contributed by atoms with Crippen molar-refractivity contribution < 1.29 is 13.9 Å². The van der Waals surface area contributed by atoms with Crippen LogP contribution < -0.4 is 4.74 Å². The van der Waals surface area contributed by atoms with Gasteiger partial charge in [0.25, 0.3) is 5.91 Å². The number of carbonyl (C=O) groups is 1. The number of para-hydroxylation sites is 1. The van der Waals surface area contributed by atoms with E-state index in [1.165, 1.54) is 50.5 Å². The molecule has 1 unspecified atom stereocenters. The second-order valence-electron chi connectivity index (χ2n) is 11.1. The summed E-state index contributed by atoms with van der Waals surface area (Å²) in [7, 11) is 0. The Bertz CT molecular complexity index is 836. The van der Waals surface area contributed by atoms with Gasteiger partial charge >= 0.3 is 0 Å². The van der Waals surface area contributed by atoms with Crippen LogP contribution in [0.1, 0.15) is 69.3 Å². The predicted octanol–water partition coefficient (Wildman–Crippen LogP) is 4.54. The number of alkyl halides is 1. The van der Waals surface area contributed by atoms with Gasteiger partial charge in [-0.15, -0.1) is 0 Å². The first-order valence-corrected chi connectivity index (χ1v) is 12.5. The highest BCUT2D eigenvalue weighted by atomic mass is 19.1. The lowest BCUT2D eigenvalue weighted by molar-refractivity contribution is -0.150. The van der Waals surface area contributed by atoms with Gasteiger partial charge in [0.05, 0.1) is 6.61 Å². The van der Waals surface area contributed by atoms with E-state index in [2.05, 4.69) is 29.2 Å². The van der Waals surface area contributed by atoms with Crippen LogP contribution in [-0.2, 0) is 4.79 Å². The normalized spacial score (nSPS) is 29.7. The molecular weight excluding hydrogens is 391 g/mol. The van der Waals surface area contributed by atoms with Crippen molar-refractivity contribution in [2.75, 3.05) is 32.8 Å². The maximum atomic E-state index is 14.1. The number of likely N-dealkylation sites (tertiary alicyclic amines) is 2. The van der Waals surface area contributed by atoms with Gasteiger partial charge in [-0.1, -0.05) is 18.2 Å². The monoisotopic (exact) mass is 426 g/mol. The Balaban J connectivity index is 1.01. The average Bonchev–Trinajstić information content (AvgIpc) is 3.70. The zero-order chi connectivity index (χ0) is 21.1. The molecule has 0 bridgehead atoms. The van der Waals surface area contributed by atoms with E-state index in [4.69, 9.17) is 4.74 Å². The fourth-order valence-corrected chi connectivity index (χ4v) is 6.31. The van der Waals surface area contributed by atoms with Crippen molar-refractivity contribution >= 4 is 5.91 Å². The molecule has 0 radical (unpaired) electrons.